The summed E-state index contributed by atoms with van der Waals surface area (Å²) in [4.78, 5) is 11.4. The van der Waals surface area contributed by atoms with Gasteiger partial charge in [-0.15, -0.1) is 0 Å². The van der Waals surface area contributed by atoms with Crippen molar-refractivity contribution in [1.82, 2.24) is 0 Å². The Morgan fingerprint density at radius 1 is 0.926 bits per heavy atom. The van der Waals surface area contributed by atoms with E-state index in [4.69, 9.17) is 10.5 Å². The number of benzene rings is 3. The number of ether oxygens (including phenoxy) is 1. The van der Waals surface area contributed by atoms with E-state index < -0.39 is 15.9 Å². The molecule has 0 bridgehead atoms. The number of para-hydroxylation sites is 1. The van der Waals surface area contributed by atoms with E-state index in [2.05, 4.69) is 4.72 Å². The third-order valence-electron chi connectivity index (χ3n) is 3.76. The molecule has 3 aromatic carbocycles. The van der Waals surface area contributed by atoms with Crippen molar-refractivity contribution in [2.45, 2.75) is 11.5 Å². The predicted octanol–water partition coefficient (Wildman–Crippen LogP) is 3.17. The van der Waals surface area contributed by atoms with Gasteiger partial charge in [0.1, 0.15) is 12.4 Å². The van der Waals surface area contributed by atoms with Gasteiger partial charge < -0.3 is 10.5 Å². The molecule has 0 saturated carbocycles. The molecule has 3 aromatic rings. The van der Waals surface area contributed by atoms with Gasteiger partial charge in [-0.2, -0.15) is 0 Å². The molecule has 0 heterocycles. The first-order chi connectivity index (χ1) is 12.9. The summed E-state index contributed by atoms with van der Waals surface area (Å²) in [5.74, 6) is 0.0725. The van der Waals surface area contributed by atoms with Crippen molar-refractivity contribution in [1.29, 1.82) is 0 Å². The second kappa shape index (κ2) is 7.92. The van der Waals surface area contributed by atoms with Crippen LogP contribution in [0.3, 0.4) is 0 Å². The largest absolute Gasteiger partial charge is 0.489 e. The first-order valence-corrected chi connectivity index (χ1v) is 9.62. The Labute approximate surface area is 157 Å². The number of rotatable bonds is 7. The highest BCUT2D eigenvalue weighted by atomic mass is 32.2. The van der Waals surface area contributed by atoms with Gasteiger partial charge in [-0.1, -0.05) is 36.4 Å². The van der Waals surface area contributed by atoms with Crippen LogP contribution < -0.4 is 15.2 Å². The Morgan fingerprint density at radius 2 is 1.67 bits per heavy atom. The van der Waals surface area contributed by atoms with Crippen LogP contribution in [0.2, 0.25) is 0 Å². The van der Waals surface area contributed by atoms with Crippen molar-refractivity contribution in [3.63, 3.8) is 0 Å². The van der Waals surface area contributed by atoms with Gasteiger partial charge in [0.25, 0.3) is 10.0 Å². The standard InChI is InChI=1S/C20H18N2O4S/c21-20(23)16-7-5-8-17(13-16)22-27(24,25)19-11-4-6-15(12-19)14-26-18-9-2-1-3-10-18/h1-13,22H,14H2,(H2,21,23). The number of nitrogens with one attached hydrogen (secondary N) is 1. The van der Waals surface area contributed by atoms with E-state index in [9.17, 15) is 13.2 Å². The fraction of sp³-hybridized carbons (Fsp3) is 0.0500. The number of nitrogens with two attached hydrogens (primary N) is 1. The number of sulfonamides is 1. The topological polar surface area (TPSA) is 98.5 Å². The molecule has 0 aromatic heterocycles. The second-order valence-corrected chi connectivity index (χ2v) is 7.48. The smallest absolute Gasteiger partial charge is 0.261 e. The van der Waals surface area contributed by atoms with Crippen LogP contribution >= 0.6 is 0 Å². The highest BCUT2D eigenvalue weighted by Crippen LogP contribution is 2.19. The van der Waals surface area contributed by atoms with Crippen molar-refractivity contribution in [2.24, 2.45) is 5.73 Å². The molecular weight excluding hydrogens is 364 g/mol. The molecule has 0 saturated heterocycles. The van der Waals surface area contributed by atoms with Crippen molar-refractivity contribution in [3.8, 4) is 5.75 Å². The first-order valence-electron chi connectivity index (χ1n) is 8.13. The van der Waals surface area contributed by atoms with Crippen LogP contribution in [0.5, 0.6) is 5.75 Å². The molecule has 138 valence electrons. The average molecular weight is 382 g/mol. The molecule has 0 aliphatic heterocycles. The van der Waals surface area contributed by atoms with Gasteiger partial charge in [0, 0.05) is 11.3 Å². The molecule has 0 unspecified atom stereocenters. The zero-order chi connectivity index (χ0) is 19.3. The minimum Gasteiger partial charge on any atom is -0.489 e. The van der Waals surface area contributed by atoms with Gasteiger partial charge in [-0.25, -0.2) is 8.42 Å². The Hall–Kier alpha value is -3.32. The van der Waals surface area contributed by atoms with Crippen LogP contribution in [-0.4, -0.2) is 14.3 Å². The number of hydrogen-bond donors (Lipinski definition) is 2. The molecule has 27 heavy (non-hydrogen) atoms. The van der Waals surface area contributed by atoms with Gasteiger partial charge in [-0.3, -0.25) is 9.52 Å². The second-order valence-electron chi connectivity index (χ2n) is 5.80. The molecule has 1 amide bonds. The monoisotopic (exact) mass is 382 g/mol. The Morgan fingerprint density at radius 3 is 2.41 bits per heavy atom. The lowest BCUT2D eigenvalue weighted by Gasteiger charge is -2.11. The molecule has 0 spiro atoms. The highest BCUT2D eigenvalue weighted by Gasteiger charge is 2.15. The predicted molar refractivity (Wildman–Crippen MR) is 103 cm³/mol. The van der Waals surface area contributed by atoms with Gasteiger partial charge >= 0.3 is 0 Å². The Kier molecular flexibility index (Phi) is 5.42. The Balaban J connectivity index is 1.76. The van der Waals surface area contributed by atoms with Gasteiger partial charge in [-0.05, 0) is 48.0 Å². The molecule has 0 aliphatic carbocycles. The van der Waals surface area contributed by atoms with Crippen molar-refractivity contribution in [3.05, 3.63) is 90.0 Å². The number of carbonyl (C=O) groups is 1. The van der Waals surface area contributed by atoms with E-state index in [0.717, 1.165) is 0 Å². The summed E-state index contributed by atoms with van der Waals surface area (Å²) in [6, 6.07) is 21.8. The number of carbonyl (C=O) groups excluding carboxylic acids is 1. The van der Waals surface area contributed by atoms with Crippen LogP contribution in [0.25, 0.3) is 0 Å². The summed E-state index contributed by atoms with van der Waals surface area (Å²) < 4.78 is 33.4. The maximum Gasteiger partial charge on any atom is 0.261 e. The number of primary amides is 1. The molecule has 3 N–H and O–H groups in total. The normalized spacial score (nSPS) is 11.0. The average Bonchev–Trinajstić information content (AvgIpc) is 2.67. The summed E-state index contributed by atoms with van der Waals surface area (Å²) >= 11 is 0. The minimum absolute atomic E-state index is 0.0983. The van der Waals surface area contributed by atoms with Crippen LogP contribution in [0.4, 0.5) is 5.69 Å². The summed E-state index contributed by atoms with van der Waals surface area (Å²) in [5, 5.41) is 0. The van der Waals surface area contributed by atoms with E-state index in [1.807, 2.05) is 30.3 Å². The Bertz CT molecular complexity index is 1050. The zero-order valence-corrected chi connectivity index (χ0v) is 15.1. The molecule has 0 radical (unpaired) electrons. The van der Waals surface area contributed by atoms with E-state index >= 15 is 0 Å². The number of hydrogen-bond acceptors (Lipinski definition) is 4. The van der Waals surface area contributed by atoms with Gasteiger partial charge in [0.2, 0.25) is 5.91 Å². The van der Waals surface area contributed by atoms with E-state index in [-0.39, 0.29) is 22.8 Å². The highest BCUT2D eigenvalue weighted by molar-refractivity contribution is 7.92. The molecular formula is C20H18N2O4S. The van der Waals surface area contributed by atoms with Crippen molar-refractivity contribution >= 4 is 21.6 Å². The number of anilines is 1. The van der Waals surface area contributed by atoms with Crippen LogP contribution in [0.1, 0.15) is 15.9 Å². The summed E-state index contributed by atoms with van der Waals surface area (Å²) in [5.41, 5.74) is 6.43. The minimum atomic E-state index is -3.82. The van der Waals surface area contributed by atoms with Gasteiger partial charge in [0.15, 0.2) is 0 Å². The van der Waals surface area contributed by atoms with Crippen LogP contribution in [0, 0.1) is 0 Å². The third-order valence-corrected chi connectivity index (χ3v) is 5.14. The summed E-state index contributed by atoms with van der Waals surface area (Å²) in [6.45, 7) is 0.241. The maximum absolute atomic E-state index is 12.6. The fourth-order valence-electron chi connectivity index (χ4n) is 2.44. The van der Waals surface area contributed by atoms with Gasteiger partial charge in [0.05, 0.1) is 4.90 Å². The lowest BCUT2D eigenvalue weighted by atomic mass is 10.2. The van der Waals surface area contributed by atoms with Crippen LogP contribution in [0.15, 0.2) is 83.8 Å². The maximum atomic E-state index is 12.6. The molecule has 0 fully saturated rings. The van der Waals surface area contributed by atoms with E-state index in [1.54, 1.807) is 30.3 Å². The summed E-state index contributed by atoms with van der Waals surface area (Å²) in [7, 11) is -3.82. The van der Waals surface area contributed by atoms with Crippen LogP contribution in [-0.2, 0) is 16.6 Å². The van der Waals surface area contributed by atoms with E-state index in [0.29, 0.717) is 11.3 Å². The molecule has 0 atom stereocenters. The summed E-state index contributed by atoms with van der Waals surface area (Å²) in [6.07, 6.45) is 0. The van der Waals surface area contributed by atoms with Crippen molar-refractivity contribution < 1.29 is 17.9 Å². The molecule has 3 rings (SSSR count). The molecule has 7 heteroatoms. The SMILES string of the molecule is NC(=O)c1cccc(NS(=O)(=O)c2cccc(COc3ccccc3)c2)c1. The lowest BCUT2D eigenvalue weighted by molar-refractivity contribution is 0.100. The van der Waals surface area contributed by atoms with E-state index in [1.165, 1.54) is 18.2 Å². The third kappa shape index (κ3) is 4.86. The fourth-order valence-corrected chi connectivity index (χ4v) is 3.56. The molecule has 0 aliphatic rings. The lowest BCUT2D eigenvalue weighted by Crippen LogP contribution is -2.15. The van der Waals surface area contributed by atoms with Crippen molar-refractivity contribution in [2.75, 3.05) is 4.72 Å². The number of amides is 1. The molecule has 6 nitrogen and oxygen atoms in total. The zero-order valence-electron chi connectivity index (χ0n) is 14.3. The quantitative estimate of drug-likeness (QED) is 0.656. The first kappa shape index (κ1) is 18.5.